The van der Waals surface area contributed by atoms with Crippen LogP contribution in [0.1, 0.15) is 28.4 Å². The van der Waals surface area contributed by atoms with Crippen LogP contribution >= 0.6 is 11.8 Å². The van der Waals surface area contributed by atoms with Crippen molar-refractivity contribution in [2.24, 2.45) is 4.99 Å². The first-order valence-corrected chi connectivity index (χ1v) is 11.9. The molecule has 0 radical (unpaired) electrons. The maximum atomic E-state index is 13.9. The number of nitrogens with zero attached hydrogens (tertiary/aromatic N) is 2. The summed E-state index contributed by atoms with van der Waals surface area (Å²) in [5.41, 5.74) is 1.87. The molecule has 0 aromatic heterocycles. The van der Waals surface area contributed by atoms with Crippen molar-refractivity contribution in [3.63, 3.8) is 0 Å². The van der Waals surface area contributed by atoms with Crippen LogP contribution in [-0.4, -0.2) is 40.7 Å². The number of hydrogen-bond acceptors (Lipinski definition) is 6. The zero-order chi connectivity index (χ0) is 25.7. The quantitative estimate of drug-likeness (QED) is 0.392. The third-order valence-electron chi connectivity index (χ3n) is 5.37. The van der Waals surface area contributed by atoms with E-state index in [2.05, 4.69) is 4.99 Å². The van der Waals surface area contributed by atoms with Crippen LogP contribution in [0.15, 0.2) is 76.6 Å². The van der Waals surface area contributed by atoms with Gasteiger partial charge in [-0.05, 0) is 72.8 Å². The molecule has 1 heterocycles. The number of amides is 1. The Hall–Kier alpha value is -4.11. The number of rotatable bonds is 8. The lowest BCUT2D eigenvalue weighted by Gasteiger charge is -2.12. The van der Waals surface area contributed by atoms with E-state index in [1.165, 1.54) is 37.1 Å². The number of benzene rings is 3. The lowest BCUT2D eigenvalue weighted by atomic mass is 10.1. The monoisotopic (exact) mass is 506 g/mol. The van der Waals surface area contributed by atoms with E-state index in [0.29, 0.717) is 39.4 Å². The van der Waals surface area contributed by atoms with Gasteiger partial charge in [0.15, 0.2) is 16.7 Å². The number of thioether (sulfide) groups is 1. The van der Waals surface area contributed by atoms with Crippen LogP contribution in [0.5, 0.6) is 11.5 Å². The fraction of sp³-hybridized carbons (Fsp3) is 0.148. The fourth-order valence-corrected chi connectivity index (χ4v) is 4.54. The minimum atomic E-state index is -1.01. The fourth-order valence-electron chi connectivity index (χ4n) is 3.47. The molecular formula is C27H23FN2O5S. The van der Waals surface area contributed by atoms with E-state index in [1.54, 1.807) is 59.5 Å². The van der Waals surface area contributed by atoms with Crippen molar-refractivity contribution < 1.29 is 28.6 Å². The van der Waals surface area contributed by atoms with Gasteiger partial charge in [-0.1, -0.05) is 24.3 Å². The molecular weight excluding hydrogens is 483 g/mol. The summed E-state index contributed by atoms with van der Waals surface area (Å²) >= 11 is 1.24. The van der Waals surface area contributed by atoms with Crippen molar-refractivity contribution in [1.29, 1.82) is 0 Å². The Morgan fingerprint density at radius 2 is 1.86 bits per heavy atom. The van der Waals surface area contributed by atoms with Gasteiger partial charge in [0.25, 0.3) is 5.91 Å². The third kappa shape index (κ3) is 5.58. The van der Waals surface area contributed by atoms with Gasteiger partial charge in [-0.15, -0.1) is 0 Å². The van der Waals surface area contributed by atoms with Gasteiger partial charge in [0.2, 0.25) is 0 Å². The lowest BCUT2D eigenvalue weighted by Crippen LogP contribution is -2.28. The Bertz CT molecular complexity index is 1350. The number of ether oxygens (including phenoxy) is 2. The molecule has 1 amide bonds. The van der Waals surface area contributed by atoms with Crippen LogP contribution in [0.3, 0.4) is 0 Å². The van der Waals surface area contributed by atoms with Crippen molar-refractivity contribution in [3.8, 4) is 11.5 Å². The Kier molecular flexibility index (Phi) is 7.70. The normalized spacial score (nSPS) is 15.5. The number of aromatic carboxylic acids is 1. The second-order valence-electron chi connectivity index (χ2n) is 7.70. The highest BCUT2D eigenvalue weighted by molar-refractivity contribution is 8.18. The second kappa shape index (κ2) is 11.1. The molecule has 9 heteroatoms. The van der Waals surface area contributed by atoms with Crippen LogP contribution < -0.4 is 9.47 Å². The van der Waals surface area contributed by atoms with Gasteiger partial charge >= 0.3 is 5.97 Å². The smallest absolute Gasteiger partial charge is 0.335 e. The zero-order valence-corrected chi connectivity index (χ0v) is 20.4. The highest BCUT2D eigenvalue weighted by Gasteiger charge is 2.32. The maximum absolute atomic E-state index is 13.9. The lowest BCUT2D eigenvalue weighted by molar-refractivity contribution is -0.122. The molecule has 0 aliphatic carbocycles. The average Bonchev–Trinajstić information content (AvgIpc) is 3.17. The van der Waals surface area contributed by atoms with E-state index < -0.39 is 5.97 Å². The molecule has 1 fully saturated rings. The van der Waals surface area contributed by atoms with E-state index in [4.69, 9.17) is 14.6 Å². The minimum absolute atomic E-state index is 0.0521. The van der Waals surface area contributed by atoms with Crippen molar-refractivity contribution in [3.05, 3.63) is 94.1 Å². The van der Waals surface area contributed by atoms with Gasteiger partial charge < -0.3 is 14.6 Å². The van der Waals surface area contributed by atoms with Gasteiger partial charge in [-0.3, -0.25) is 9.69 Å². The molecule has 3 aromatic carbocycles. The number of amidine groups is 1. The Morgan fingerprint density at radius 1 is 1.11 bits per heavy atom. The van der Waals surface area contributed by atoms with Crippen molar-refractivity contribution >= 4 is 40.6 Å². The van der Waals surface area contributed by atoms with Crippen LogP contribution in [-0.2, 0) is 11.4 Å². The maximum Gasteiger partial charge on any atom is 0.335 e. The summed E-state index contributed by atoms with van der Waals surface area (Å²) in [5, 5.41) is 9.57. The molecule has 7 nitrogen and oxygen atoms in total. The van der Waals surface area contributed by atoms with Gasteiger partial charge in [-0.25, -0.2) is 14.2 Å². The number of carbonyl (C=O) groups is 2. The number of carboxylic acid groups (broad SMARTS) is 1. The van der Waals surface area contributed by atoms with E-state index in [1.807, 2.05) is 6.92 Å². The molecule has 0 spiro atoms. The molecule has 0 saturated carbocycles. The number of aliphatic imine (C=N–C) groups is 1. The predicted molar refractivity (Wildman–Crippen MR) is 137 cm³/mol. The summed E-state index contributed by atoms with van der Waals surface area (Å²) < 4.78 is 25.1. The zero-order valence-electron chi connectivity index (χ0n) is 19.6. The topological polar surface area (TPSA) is 88.4 Å². The molecule has 3 aromatic rings. The first-order valence-electron chi connectivity index (χ1n) is 11.1. The summed E-state index contributed by atoms with van der Waals surface area (Å²) in [7, 11) is 1.51. The molecule has 0 unspecified atom stereocenters. The molecule has 1 aliphatic heterocycles. The standard InChI is InChI=1S/C27H23FN2O5S/c1-3-30-25(31)24(36-27(30)29-20-11-9-18(10-12-20)26(32)33)15-17-8-13-22(23(14-17)34-2)35-16-19-6-4-5-7-21(19)28/h4-15H,3,16H2,1-2H3,(H,32,33)/b24-15-,29-27?. The molecule has 1 N–H and O–H groups in total. The Morgan fingerprint density at radius 3 is 2.53 bits per heavy atom. The van der Waals surface area contributed by atoms with Crippen molar-refractivity contribution in [1.82, 2.24) is 4.90 Å². The van der Waals surface area contributed by atoms with Gasteiger partial charge in [0.05, 0.1) is 23.3 Å². The van der Waals surface area contributed by atoms with Gasteiger partial charge in [0.1, 0.15) is 12.4 Å². The largest absolute Gasteiger partial charge is 0.493 e. The predicted octanol–water partition coefficient (Wildman–Crippen LogP) is 5.74. The Balaban J connectivity index is 1.54. The molecule has 184 valence electrons. The molecule has 4 rings (SSSR count). The highest BCUT2D eigenvalue weighted by Crippen LogP contribution is 2.36. The van der Waals surface area contributed by atoms with Crippen LogP contribution in [0.4, 0.5) is 10.1 Å². The van der Waals surface area contributed by atoms with Crippen molar-refractivity contribution in [2.45, 2.75) is 13.5 Å². The van der Waals surface area contributed by atoms with E-state index in [9.17, 15) is 14.0 Å². The van der Waals surface area contributed by atoms with Crippen LogP contribution in [0, 0.1) is 5.82 Å². The number of hydrogen-bond donors (Lipinski definition) is 1. The van der Waals surface area contributed by atoms with E-state index >= 15 is 0 Å². The molecule has 0 atom stereocenters. The van der Waals surface area contributed by atoms with Crippen LogP contribution in [0.25, 0.3) is 6.08 Å². The number of halogens is 1. The first kappa shape index (κ1) is 25.0. The number of methoxy groups -OCH3 is 1. The number of carbonyl (C=O) groups excluding carboxylic acids is 1. The highest BCUT2D eigenvalue weighted by atomic mass is 32.2. The summed E-state index contributed by atoms with van der Waals surface area (Å²) in [6.45, 7) is 2.34. The molecule has 36 heavy (non-hydrogen) atoms. The summed E-state index contributed by atoms with van der Waals surface area (Å²) in [4.78, 5) is 30.6. The van der Waals surface area contributed by atoms with Gasteiger partial charge in [0, 0.05) is 12.1 Å². The molecule has 1 saturated heterocycles. The number of likely N-dealkylation sites (N-methyl/N-ethyl adjacent to an activating group) is 1. The average molecular weight is 507 g/mol. The molecule has 1 aliphatic rings. The van der Waals surface area contributed by atoms with Crippen LogP contribution in [0.2, 0.25) is 0 Å². The van der Waals surface area contributed by atoms with Crippen molar-refractivity contribution in [2.75, 3.05) is 13.7 Å². The summed E-state index contributed by atoms with van der Waals surface area (Å²) in [6, 6.07) is 17.8. The Labute approximate surface area is 211 Å². The third-order valence-corrected chi connectivity index (χ3v) is 6.38. The van der Waals surface area contributed by atoms with Gasteiger partial charge in [-0.2, -0.15) is 0 Å². The molecule has 0 bridgehead atoms. The SMILES string of the molecule is CCN1C(=O)/C(=C/c2ccc(OCc3ccccc3F)c(OC)c2)SC1=Nc1ccc(C(=O)O)cc1. The van der Waals surface area contributed by atoms with E-state index in [0.717, 1.165) is 5.56 Å². The second-order valence-corrected chi connectivity index (χ2v) is 8.71. The van der Waals surface area contributed by atoms with E-state index in [-0.39, 0.29) is 23.9 Å². The number of carboxylic acids is 1. The summed E-state index contributed by atoms with van der Waals surface area (Å²) in [5.74, 6) is -0.627. The minimum Gasteiger partial charge on any atom is -0.493 e. The first-order chi connectivity index (χ1) is 17.4. The summed E-state index contributed by atoms with van der Waals surface area (Å²) in [6.07, 6.45) is 1.74.